The van der Waals surface area contributed by atoms with Gasteiger partial charge in [0.25, 0.3) is 5.91 Å². The van der Waals surface area contributed by atoms with Crippen LogP contribution in [-0.2, 0) is 16.1 Å². The minimum Gasteiger partial charge on any atom is -0.497 e. The number of nitrogens with zero attached hydrogens (tertiary/aromatic N) is 1. The van der Waals surface area contributed by atoms with E-state index in [1.807, 2.05) is 38.1 Å². The van der Waals surface area contributed by atoms with Gasteiger partial charge in [0.1, 0.15) is 17.5 Å². The van der Waals surface area contributed by atoms with Crippen LogP contribution in [0.25, 0.3) is 0 Å². The van der Waals surface area contributed by atoms with Gasteiger partial charge in [0.2, 0.25) is 5.91 Å². The molecule has 1 N–H and O–H groups in total. The van der Waals surface area contributed by atoms with Crippen LogP contribution in [-0.4, -0.2) is 43.0 Å². The molecule has 0 aromatic heterocycles. The molecule has 0 aliphatic carbocycles. The fraction of sp³-hybridized carbons (Fsp3) is 0.391. The van der Waals surface area contributed by atoms with Gasteiger partial charge in [-0.25, -0.2) is 0 Å². The van der Waals surface area contributed by atoms with Crippen LogP contribution in [0.1, 0.15) is 31.4 Å². The summed E-state index contributed by atoms with van der Waals surface area (Å²) in [7, 11) is 1.59. The third kappa shape index (κ3) is 6.82. The molecule has 0 aliphatic heterocycles. The Morgan fingerprint density at radius 3 is 2.24 bits per heavy atom. The molecule has 2 amide bonds. The Morgan fingerprint density at radius 1 is 1.03 bits per heavy atom. The summed E-state index contributed by atoms with van der Waals surface area (Å²) in [6, 6.07) is 14.3. The largest absolute Gasteiger partial charge is 0.497 e. The number of amides is 2. The maximum absolute atomic E-state index is 12.9. The lowest BCUT2D eigenvalue weighted by atomic mass is 10.1. The Labute approximate surface area is 172 Å². The minimum atomic E-state index is -0.602. The molecule has 6 nitrogen and oxygen atoms in total. The fourth-order valence-electron chi connectivity index (χ4n) is 2.77. The SMILES string of the molecule is CCCNC(=O)[C@@H](C)N(Cc1ccc(C)cc1)C(=O)COc1ccc(OC)cc1. The number of rotatable bonds is 10. The van der Waals surface area contributed by atoms with Gasteiger partial charge < -0.3 is 19.7 Å². The van der Waals surface area contributed by atoms with E-state index in [1.165, 1.54) is 0 Å². The zero-order valence-electron chi connectivity index (χ0n) is 17.6. The predicted octanol–water partition coefficient (Wildman–Crippen LogP) is 3.33. The second-order valence-corrected chi connectivity index (χ2v) is 6.94. The van der Waals surface area contributed by atoms with Crippen molar-refractivity contribution >= 4 is 11.8 Å². The molecule has 6 heteroatoms. The van der Waals surface area contributed by atoms with Gasteiger partial charge >= 0.3 is 0 Å². The van der Waals surface area contributed by atoms with Crippen LogP contribution in [0, 0.1) is 6.92 Å². The maximum Gasteiger partial charge on any atom is 0.261 e. The van der Waals surface area contributed by atoms with Gasteiger partial charge in [-0.3, -0.25) is 9.59 Å². The van der Waals surface area contributed by atoms with Crippen molar-refractivity contribution in [2.75, 3.05) is 20.3 Å². The molecule has 2 aromatic rings. The Bertz CT molecular complexity index is 788. The minimum absolute atomic E-state index is 0.149. The van der Waals surface area contributed by atoms with Gasteiger partial charge in [0.05, 0.1) is 7.11 Å². The fourth-order valence-corrected chi connectivity index (χ4v) is 2.77. The Kier molecular flexibility index (Phi) is 8.52. The normalized spacial score (nSPS) is 11.4. The molecule has 156 valence electrons. The highest BCUT2D eigenvalue weighted by atomic mass is 16.5. The number of aryl methyl sites for hydroxylation is 1. The number of nitrogens with one attached hydrogen (secondary N) is 1. The Balaban J connectivity index is 2.09. The standard InChI is InChI=1S/C23H30N2O4/c1-5-14-24-23(27)18(3)25(15-19-8-6-17(2)7-9-19)22(26)16-29-21-12-10-20(28-4)11-13-21/h6-13,18H,5,14-16H2,1-4H3,(H,24,27)/t18-/m1/s1. The monoisotopic (exact) mass is 398 g/mol. The second-order valence-electron chi connectivity index (χ2n) is 6.94. The van der Waals surface area contributed by atoms with Crippen LogP contribution in [0.5, 0.6) is 11.5 Å². The van der Waals surface area contributed by atoms with Crippen LogP contribution < -0.4 is 14.8 Å². The van der Waals surface area contributed by atoms with Crippen LogP contribution in [0.2, 0.25) is 0 Å². The number of carbonyl (C=O) groups is 2. The van der Waals surface area contributed by atoms with E-state index in [0.717, 1.165) is 17.5 Å². The van der Waals surface area contributed by atoms with E-state index < -0.39 is 6.04 Å². The van der Waals surface area contributed by atoms with Gasteiger partial charge in [-0.1, -0.05) is 36.8 Å². The van der Waals surface area contributed by atoms with E-state index >= 15 is 0 Å². The van der Waals surface area contributed by atoms with E-state index in [1.54, 1.807) is 43.2 Å². The molecular weight excluding hydrogens is 368 g/mol. The topological polar surface area (TPSA) is 67.9 Å². The summed E-state index contributed by atoms with van der Waals surface area (Å²) < 4.78 is 10.8. The number of ether oxygens (including phenoxy) is 2. The highest BCUT2D eigenvalue weighted by Crippen LogP contribution is 2.17. The highest BCUT2D eigenvalue weighted by Gasteiger charge is 2.26. The van der Waals surface area contributed by atoms with Crippen LogP contribution >= 0.6 is 0 Å². The predicted molar refractivity (Wildman–Crippen MR) is 113 cm³/mol. The molecule has 0 heterocycles. The number of hydrogen-bond donors (Lipinski definition) is 1. The number of benzene rings is 2. The van der Waals surface area contributed by atoms with Gasteiger partial charge in [0, 0.05) is 13.1 Å². The molecule has 29 heavy (non-hydrogen) atoms. The summed E-state index contributed by atoms with van der Waals surface area (Å²) in [5, 5.41) is 2.86. The zero-order chi connectivity index (χ0) is 21.2. The molecule has 2 rings (SSSR count). The zero-order valence-corrected chi connectivity index (χ0v) is 17.6. The Morgan fingerprint density at radius 2 is 1.66 bits per heavy atom. The summed E-state index contributed by atoms with van der Waals surface area (Å²) >= 11 is 0. The van der Waals surface area contributed by atoms with Gasteiger partial charge in [0.15, 0.2) is 6.61 Å². The van der Waals surface area contributed by atoms with Crippen molar-refractivity contribution in [2.24, 2.45) is 0 Å². The van der Waals surface area contributed by atoms with E-state index in [-0.39, 0.29) is 18.4 Å². The van der Waals surface area contributed by atoms with E-state index in [4.69, 9.17) is 9.47 Å². The molecule has 0 spiro atoms. The summed E-state index contributed by atoms with van der Waals surface area (Å²) in [5.41, 5.74) is 2.10. The smallest absolute Gasteiger partial charge is 0.261 e. The van der Waals surface area contributed by atoms with Crippen LogP contribution in [0.3, 0.4) is 0 Å². The van der Waals surface area contributed by atoms with Crippen LogP contribution in [0.15, 0.2) is 48.5 Å². The lowest BCUT2D eigenvalue weighted by Crippen LogP contribution is -2.49. The average Bonchev–Trinajstić information content (AvgIpc) is 2.75. The molecule has 0 aliphatic rings. The molecule has 0 saturated carbocycles. The third-order valence-electron chi connectivity index (χ3n) is 4.61. The van der Waals surface area contributed by atoms with Gasteiger partial charge in [-0.2, -0.15) is 0 Å². The first-order valence-corrected chi connectivity index (χ1v) is 9.84. The van der Waals surface area contributed by atoms with Crippen molar-refractivity contribution in [1.82, 2.24) is 10.2 Å². The lowest BCUT2D eigenvalue weighted by Gasteiger charge is -2.28. The van der Waals surface area contributed by atoms with Crippen molar-refractivity contribution in [2.45, 2.75) is 39.8 Å². The first kappa shape index (κ1) is 22.3. The van der Waals surface area contributed by atoms with Crippen molar-refractivity contribution in [3.05, 3.63) is 59.7 Å². The van der Waals surface area contributed by atoms with Crippen LogP contribution in [0.4, 0.5) is 0 Å². The van der Waals surface area contributed by atoms with E-state index in [0.29, 0.717) is 24.6 Å². The first-order valence-electron chi connectivity index (χ1n) is 9.84. The summed E-state index contributed by atoms with van der Waals surface area (Å²) in [6.07, 6.45) is 0.838. The quantitative estimate of drug-likeness (QED) is 0.667. The molecule has 0 unspecified atom stereocenters. The van der Waals surface area contributed by atoms with E-state index in [2.05, 4.69) is 5.32 Å². The van der Waals surface area contributed by atoms with Crippen molar-refractivity contribution in [3.8, 4) is 11.5 Å². The van der Waals surface area contributed by atoms with Crippen molar-refractivity contribution in [1.29, 1.82) is 0 Å². The summed E-state index contributed by atoms with van der Waals surface area (Å²) in [5.74, 6) is 0.862. The maximum atomic E-state index is 12.9. The third-order valence-corrected chi connectivity index (χ3v) is 4.61. The van der Waals surface area contributed by atoms with Gasteiger partial charge in [-0.15, -0.1) is 0 Å². The average molecular weight is 399 g/mol. The number of methoxy groups -OCH3 is 1. The molecule has 0 fully saturated rings. The molecule has 1 atom stereocenters. The molecule has 0 radical (unpaired) electrons. The van der Waals surface area contributed by atoms with Gasteiger partial charge in [-0.05, 0) is 50.1 Å². The highest BCUT2D eigenvalue weighted by molar-refractivity contribution is 5.87. The lowest BCUT2D eigenvalue weighted by molar-refractivity contribution is -0.142. The number of hydrogen-bond acceptors (Lipinski definition) is 4. The summed E-state index contributed by atoms with van der Waals surface area (Å²) in [6.45, 7) is 6.51. The number of carbonyl (C=O) groups excluding carboxylic acids is 2. The Hall–Kier alpha value is -3.02. The first-order chi connectivity index (χ1) is 13.9. The molecule has 2 aromatic carbocycles. The second kappa shape index (κ2) is 11.1. The molecule has 0 saturated heterocycles. The van der Waals surface area contributed by atoms with Crippen molar-refractivity contribution < 1.29 is 19.1 Å². The molecular formula is C23H30N2O4. The van der Waals surface area contributed by atoms with E-state index in [9.17, 15) is 9.59 Å². The molecule has 0 bridgehead atoms. The summed E-state index contributed by atoms with van der Waals surface area (Å²) in [4.78, 5) is 27.0. The van der Waals surface area contributed by atoms with Crippen molar-refractivity contribution in [3.63, 3.8) is 0 Å².